The summed E-state index contributed by atoms with van der Waals surface area (Å²) in [6.45, 7) is 5.74. The lowest BCUT2D eigenvalue weighted by molar-refractivity contribution is -0.151. The number of aryl methyl sites for hydroxylation is 2. The van der Waals surface area contributed by atoms with Gasteiger partial charge >= 0.3 is 5.97 Å². The summed E-state index contributed by atoms with van der Waals surface area (Å²) in [7, 11) is 0. The van der Waals surface area contributed by atoms with Crippen LogP contribution in [0.5, 0.6) is 0 Å². The number of carbonyl (C=O) groups excluding carboxylic acids is 3. The number of esters is 1. The van der Waals surface area contributed by atoms with Crippen LogP contribution in [0, 0.1) is 26.7 Å². The third-order valence-electron chi connectivity index (χ3n) is 5.03. The first kappa shape index (κ1) is 19.6. The fourth-order valence-electron chi connectivity index (χ4n) is 3.17. The Morgan fingerprint density at radius 3 is 2.54 bits per heavy atom. The number of anilines is 2. The van der Waals surface area contributed by atoms with Gasteiger partial charge in [0, 0.05) is 24.3 Å². The Morgan fingerprint density at radius 2 is 1.82 bits per heavy atom. The fourth-order valence-corrected chi connectivity index (χ4v) is 3.17. The summed E-state index contributed by atoms with van der Waals surface area (Å²) in [5.74, 6) is -1.62. The maximum atomic E-state index is 12.3. The maximum absolute atomic E-state index is 12.3. The van der Waals surface area contributed by atoms with E-state index in [1.807, 2.05) is 57.2 Å². The zero-order chi connectivity index (χ0) is 20.3. The summed E-state index contributed by atoms with van der Waals surface area (Å²) in [4.78, 5) is 38.3. The van der Waals surface area contributed by atoms with E-state index in [-0.39, 0.29) is 25.5 Å². The molecule has 6 heteroatoms. The number of hydrogen-bond acceptors (Lipinski definition) is 4. The van der Waals surface area contributed by atoms with E-state index in [0.717, 1.165) is 22.4 Å². The second-order valence-electron chi connectivity index (χ2n) is 7.14. The summed E-state index contributed by atoms with van der Waals surface area (Å²) in [5.41, 5.74) is 4.59. The lowest BCUT2D eigenvalue weighted by Crippen LogP contribution is -2.28. The molecular formula is C22H24N2O4. The van der Waals surface area contributed by atoms with Crippen LogP contribution in [-0.2, 0) is 19.1 Å². The van der Waals surface area contributed by atoms with E-state index >= 15 is 0 Å². The van der Waals surface area contributed by atoms with Crippen LogP contribution in [0.4, 0.5) is 11.4 Å². The minimum absolute atomic E-state index is 0.0886. The topological polar surface area (TPSA) is 75.7 Å². The van der Waals surface area contributed by atoms with E-state index in [0.29, 0.717) is 5.69 Å². The summed E-state index contributed by atoms with van der Waals surface area (Å²) in [6.07, 6.45) is 0.0886. The highest BCUT2D eigenvalue weighted by molar-refractivity contribution is 6.00. The van der Waals surface area contributed by atoms with E-state index in [9.17, 15) is 14.4 Å². The van der Waals surface area contributed by atoms with Gasteiger partial charge in [-0.05, 0) is 50.1 Å². The quantitative estimate of drug-likeness (QED) is 0.809. The highest BCUT2D eigenvalue weighted by Gasteiger charge is 2.36. The van der Waals surface area contributed by atoms with Crippen molar-refractivity contribution < 1.29 is 19.1 Å². The number of hydrogen-bond donors (Lipinski definition) is 1. The number of rotatable bonds is 5. The normalized spacial score (nSPS) is 16.2. The first-order chi connectivity index (χ1) is 13.3. The van der Waals surface area contributed by atoms with Gasteiger partial charge in [0.05, 0.1) is 5.92 Å². The zero-order valence-corrected chi connectivity index (χ0v) is 16.3. The minimum Gasteiger partial charge on any atom is -0.455 e. The average molecular weight is 380 g/mol. The van der Waals surface area contributed by atoms with Gasteiger partial charge < -0.3 is 15.0 Å². The van der Waals surface area contributed by atoms with E-state index < -0.39 is 17.8 Å². The highest BCUT2D eigenvalue weighted by Crippen LogP contribution is 2.26. The Labute approximate surface area is 164 Å². The van der Waals surface area contributed by atoms with Crippen LogP contribution >= 0.6 is 0 Å². The third kappa shape index (κ3) is 4.39. The Bertz CT molecular complexity index is 905. The number of ether oxygens (including phenoxy) is 1. The molecule has 146 valence electrons. The van der Waals surface area contributed by atoms with Crippen LogP contribution in [-0.4, -0.2) is 30.9 Å². The zero-order valence-electron chi connectivity index (χ0n) is 16.3. The lowest BCUT2D eigenvalue weighted by Gasteiger charge is -2.16. The van der Waals surface area contributed by atoms with E-state index in [1.54, 1.807) is 11.0 Å². The molecule has 1 aliphatic rings. The van der Waals surface area contributed by atoms with Gasteiger partial charge in [-0.25, -0.2) is 0 Å². The standard InChI is InChI=1S/C22H24N2O4/c1-14-7-9-18(10-8-14)24-12-17(11-21(24)26)22(27)28-13-20(25)23-19-6-4-5-15(2)16(19)3/h4-10,17H,11-13H2,1-3H3,(H,23,25). The van der Waals surface area contributed by atoms with Crippen LogP contribution in [0.25, 0.3) is 0 Å². The second kappa shape index (κ2) is 8.25. The van der Waals surface area contributed by atoms with Crippen molar-refractivity contribution >= 4 is 29.2 Å². The van der Waals surface area contributed by atoms with Gasteiger partial charge in [0.2, 0.25) is 5.91 Å². The molecule has 1 heterocycles. The first-order valence-corrected chi connectivity index (χ1v) is 9.25. The van der Waals surface area contributed by atoms with Crippen molar-refractivity contribution in [3.8, 4) is 0 Å². The molecule has 1 atom stereocenters. The fraction of sp³-hybridized carbons (Fsp3) is 0.318. The molecule has 6 nitrogen and oxygen atoms in total. The molecule has 0 saturated carbocycles. The van der Waals surface area contributed by atoms with Gasteiger partial charge in [0.1, 0.15) is 0 Å². The molecule has 1 fully saturated rings. The molecule has 0 aliphatic carbocycles. The molecule has 1 N–H and O–H groups in total. The monoisotopic (exact) mass is 380 g/mol. The molecule has 2 aromatic rings. The smallest absolute Gasteiger partial charge is 0.311 e. The summed E-state index contributed by atoms with van der Waals surface area (Å²) in [6, 6.07) is 13.2. The molecule has 2 amide bonds. The molecule has 3 rings (SSSR count). The van der Waals surface area contributed by atoms with Gasteiger partial charge in [-0.3, -0.25) is 14.4 Å². The Hall–Kier alpha value is -3.15. The van der Waals surface area contributed by atoms with Crippen molar-refractivity contribution in [3.63, 3.8) is 0 Å². The van der Waals surface area contributed by atoms with Crippen LogP contribution in [0.3, 0.4) is 0 Å². The molecule has 0 radical (unpaired) electrons. The van der Waals surface area contributed by atoms with Gasteiger partial charge in [-0.15, -0.1) is 0 Å². The number of nitrogens with zero attached hydrogens (tertiary/aromatic N) is 1. The second-order valence-corrected chi connectivity index (χ2v) is 7.14. The molecule has 1 saturated heterocycles. The van der Waals surface area contributed by atoms with Crippen molar-refractivity contribution in [2.45, 2.75) is 27.2 Å². The van der Waals surface area contributed by atoms with Crippen LogP contribution < -0.4 is 10.2 Å². The predicted molar refractivity (Wildman–Crippen MR) is 107 cm³/mol. The van der Waals surface area contributed by atoms with Crippen molar-refractivity contribution in [3.05, 3.63) is 59.2 Å². The molecule has 0 aromatic heterocycles. The predicted octanol–water partition coefficient (Wildman–Crippen LogP) is 3.15. The number of benzene rings is 2. The van der Waals surface area contributed by atoms with Crippen molar-refractivity contribution in [2.24, 2.45) is 5.92 Å². The molecule has 0 bridgehead atoms. The third-order valence-corrected chi connectivity index (χ3v) is 5.03. The van der Waals surface area contributed by atoms with Gasteiger partial charge in [-0.1, -0.05) is 29.8 Å². The van der Waals surface area contributed by atoms with Gasteiger partial charge in [0.25, 0.3) is 5.91 Å². The highest BCUT2D eigenvalue weighted by atomic mass is 16.5. The number of carbonyl (C=O) groups is 3. The lowest BCUT2D eigenvalue weighted by atomic mass is 10.1. The minimum atomic E-state index is -0.567. The molecule has 0 spiro atoms. The molecule has 2 aromatic carbocycles. The van der Waals surface area contributed by atoms with Crippen molar-refractivity contribution in [1.82, 2.24) is 0 Å². The van der Waals surface area contributed by atoms with E-state index in [4.69, 9.17) is 4.74 Å². The van der Waals surface area contributed by atoms with Gasteiger partial charge in [0.15, 0.2) is 6.61 Å². The van der Waals surface area contributed by atoms with E-state index in [1.165, 1.54) is 0 Å². The van der Waals surface area contributed by atoms with Gasteiger partial charge in [-0.2, -0.15) is 0 Å². The SMILES string of the molecule is Cc1ccc(N2CC(C(=O)OCC(=O)Nc3cccc(C)c3C)CC2=O)cc1. The summed E-state index contributed by atoms with van der Waals surface area (Å²) >= 11 is 0. The Balaban J connectivity index is 1.53. The van der Waals surface area contributed by atoms with Crippen LogP contribution in [0.15, 0.2) is 42.5 Å². The van der Waals surface area contributed by atoms with Crippen LogP contribution in [0.1, 0.15) is 23.1 Å². The van der Waals surface area contributed by atoms with Crippen molar-refractivity contribution in [2.75, 3.05) is 23.4 Å². The molecule has 1 unspecified atom stereocenters. The summed E-state index contributed by atoms with van der Waals surface area (Å²) < 4.78 is 5.15. The first-order valence-electron chi connectivity index (χ1n) is 9.25. The summed E-state index contributed by atoms with van der Waals surface area (Å²) in [5, 5.41) is 2.75. The Kier molecular flexibility index (Phi) is 5.78. The molecule has 1 aliphatic heterocycles. The maximum Gasteiger partial charge on any atom is 0.311 e. The largest absolute Gasteiger partial charge is 0.455 e. The Morgan fingerprint density at radius 1 is 1.11 bits per heavy atom. The number of nitrogens with one attached hydrogen (secondary N) is 1. The van der Waals surface area contributed by atoms with Crippen molar-refractivity contribution in [1.29, 1.82) is 0 Å². The van der Waals surface area contributed by atoms with Crippen LogP contribution in [0.2, 0.25) is 0 Å². The average Bonchev–Trinajstić information content (AvgIpc) is 3.06. The van der Waals surface area contributed by atoms with E-state index in [2.05, 4.69) is 5.32 Å². The molecular weight excluding hydrogens is 356 g/mol. The number of amides is 2. The molecule has 28 heavy (non-hydrogen) atoms.